The molecule has 5 rings (SSSR count). The number of anilines is 2. The van der Waals surface area contributed by atoms with Crippen molar-refractivity contribution in [2.75, 3.05) is 30.0 Å². The largest absolute Gasteiger partial charge is 0.486 e. The number of carbonyl (C=O) groups is 2. The van der Waals surface area contributed by atoms with Gasteiger partial charge in [-0.05, 0) is 36.8 Å². The number of hydrogen-bond donors (Lipinski definition) is 1. The summed E-state index contributed by atoms with van der Waals surface area (Å²) < 4.78 is 12.2. The van der Waals surface area contributed by atoms with Gasteiger partial charge in [0.05, 0.1) is 16.1 Å². The van der Waals surface area contributed by atoms with E-state index in [0.29, 0.717) is 42.1 Å². The van der Waals surface area contributed by atoms with Crippen molar-refractivity contribution in [3.05, 3.63) is 42.0 Å². The van der Waals surface area contributed by atoms with Gasteiger partial charge in [0.15, 0.2) is 16.6 Å². The number of benzene rings is 2. The van der Waals surface area contributed by atoms with Crippen molar-refractivity contribution in [3.8, 4) is 11.5 Å². The van der Waals surface area contributed by atoms with E-state index in [0.717, 1.165) is 15.8 Å². The summed E-state index contributed by atoms with van der Waals surface area (Å²) in [4.78, 5) is 31.4. The molecule has 0 radical (unpaired) electrons. The van der Waals surface area contributed by atoms with Gasteiger partial charge in [0.2, 0.25) is 11.8 Å². The molecule has 3 aromatic rings. The Hall–Kier alpha value is -3.13. The molecule has 0 unspecified atom stereocenters. The fraction of sp³-hybridized carbons (Fsp3) is 0.286. The second-order valence-electron chi connectivity index (χ2n) is 7.21. The number of ether oxygens (including phenoxy) is 2. The first-order chi connectivity index (χ1) is 14.1. The third-order valence-corrected chi connectivity index (χ3v) is 6.04. The van der Waals surface area contributed by atoms with Gasteiger partial charge < -0.3 is 19.7 Å². The van der Waals surface area contributed by atoms with Crippen LogP contribution < -0.4 is 19.7 Å². The van der Waals surface area contributed by atoms with E-state index < -0.39 is 5.92 Å². The molecule has 1 N–H and O–H groups in total. The Morgan fingerprint density at radius 2 is 2.00 bits per heavy atom. The molecule has 8 heteroatoms. The highest BCUT2D eigenvalue weighted by Crippen LogP contribution is 2.36. The lowest BCUT2D eigenvalue weighted by atomic mass is 10.1. The minimum atomic E-state index is -0.426. The lowest BCUT2D eigenvalue weighted by molar-refractivity contribution is -0.122. The molecule has 3 heterocycles. The van der Waals surface area contributed by atoms with Crippen molar-refractivity contribution in [3.63, 3.8) is 0 Å². The van der Waals surface area contributed by atoms with Gasteiger partial charge in [-0.1, -0.05) is 17.4 Å². The van der Waals surface area contributed by atoms with Crippen LogP contribution in [0.5, 0.6) is 11.5 Å². The third kappa shape index (κ3) is 3.40. The Kier molecular flexibility index (Phi) is 4.35. The van der Waals surface area contributed by atoms with Crippen molar-refractivity contribution in [2.45, 2.75) is 13.3 Å². The van der Waals surface area contributed by atoms with E-state index in [1.54, 1.807) is 17.0 Å². The minimum Gasteiger partial charge on any atom is -0.486 e. The average Bonchev–Trinajstić information content (AvgIpc) is 3.30. The summed E-state index contributed by atoms with van der Waals surface area (Å²) >= 11 is 1.44. The number of rotatable bonds is 3. The molecular formula is C21H19N3O4S. The number of amides is 2. The maximum atomic E-state index is 12.7. The zero-order valence-corrected chi connectivity index (χ0v) is 16.6. The number of carbonyl (C=O) groups excluding carboxylic acids is 2. The smallest absolute Gasteiger partial charge is 0.231 e. The molecule has 7 nitrogen and oxygen atoms in total. The molecule has 2 aliphatic heterocycles. The molecule has 29 heavy (non-hydrogen) atoms. The molecule has 0 aliphatic carbocycles. The lowest BCUT2D eigenvalue weighted by Gasteiger charge is -2.22. The number of aromatic nitrogens is 1. The molecule has 0 saturated carbocycles. The van der Waals surface area contributed by atoms with E-state index in [4.69, 9.17) is 9.47 Å². The molecule has 2 aromatic carbocycles. The standard InChI is InChI=1S/C21H19N3O4S/c1-12-2-4-15-18(8-12)29-21(22-15)23-20(26)13-9-19(25)24(11-13)14-3-5-16-17(10-14)28-7-6-27-16/h2-5,8,10,13H,6-7,9,11H2,1H3,(H,22,23,26)/t13-/m1/s1. The maximum Gasteiger partial charge on any atom is 0.231 e. The molecule has 1 aromatic heterocycles. The Balaban J connectivity index is 1.31. The van der Waals surface area contributed by atoms with Crippen LogP contribution in [-0.2, 0) is 9.59 Å². The maximum absolute atomic E-state index is 12.7. The van der Waals surface area contributed by atoms with E-state index in [2.05, 4.69) is 10.3 Å². The van der Waals surface area contributed by atoms with Crippen LogP contribution in [0, 0.1) is 12.8 Å². The van der Waals surface area contributed by atoms with Crippen LogP contribution in [0.4, 0.5) is 10.8 Å². The molecule has 2 amide bonds. The molecule has 1 atom stereocenters. The minimum absolute atomic E-state index is 0.0817. The Bertz CT molecular complexity index is 1130. The van der Waals surface area contributed by atoms with Crippen LogP contribution in [0.3, 0.4) is 0 Å². The van der Waals surface area contributed by atoms with Crippen LogP contribution in [0.1, 0.15) is 12.0 Å². The number of fused-ring (bicyclic) bond motifs is 2. The van der Waals surface area contributed by atoms with Gasteiger partial charge in [0.1, 0.15) is 13.2 Å². The van der Waals surface area contributed by atoms with Gasteiger partial charge in [-0.2, -0.15) is 0 Å². The second kappa shape index (κ2) is 7.04. The van der Waals surface area contributed by atoms with Crippen molar-refractivity contribution < 1.29 is 19.1 Å². The number of hydrogen-bond acceptors (Lipinski definition) is 6. The fourth-order valence-electron chi connectivity index (χ4n) is 3.63. The summed E-state index contributed by atoms with van der Waals surface area (Å²) in [6.45, 7) is 3.35. The molecule has 0 spiro atoms. The van der Waals surface area contributed by atoms with Crippen LogP contribution in [-0.4, -0.2) is 36.6 Å². The number of thiazole rings is 1. The summed E-state index contributed by atoms with van der Waals surface area (Å²) in [6.07, 6.45) is 0.171. The lowest BCUT2D eigenvalue weighted by Crippen LogP contribution is -2.28. The molecule has 0 bridgehead atoms. The Morgan fingerprint density at radius 1 is 1.17 bits per heavy atom. The number of nitrogens with zero attached hydrogens (tertiary/aromatic N) is 2. The van der Waals surface area contributed by atoms with Crippen LogP contribution in [0.25, 0.3) is 10.2 Å². The predicted octanol–water partition coefficient (Wildman–Crippen LogP) is 3.37. The predicted molar refractivity (Wildman–Crippen MR) is 111 cm³/mol. The summed E-state index contributed by atoms with van der Waals surface area (Å²) in [5, 5.41) is 3.44. The van der Waals surface area contributed by atoms with Crippen molar-refractivity contribution in [1.82, 2.24) is 4.98 Å². The van der Waals surface area contributed by atoms with Crippen LogP contribution in [0.2, 0.25) is 0 Å². The van der Waals surface area contributed by atoms with Crippen molar-refractivity contribution in [1.29, 1.82) is 0 Å². The van der Waals surface area contributed by atoms with Gasteiger partial charge in [-0.15, -0.1) is 0 Å². The zero-order chi connectivity index (χ0) is 20.0. The highest BCUT2D eigenvalue weighted by Gasteiger charge is 2.36. The van der Waals surface area contributed by atoms with E-state index in [1.807, 2.05) is 31.2 Å². The van der Waals surface area contributed by atoms with Crippen molar-refractivity contribution in [2.24, 2.45) is 5.92 Å². The normalized spacial score (nSPS) is 18.3. The zero-order valence-electron chi connectivity index (χ0n) is 15.8. The van der Waals surface area contributed by atoms with Gasteiger partial charge in [-0.25, -0.2) is 4.98 Å². The molecular weight excluding hydrogens is 390 g/mol. The second-order valence-corrected chi connectivity index (χ2v) is 8.24. The first-order valence-corrected chi connectivity index (χ1v) is 10.3. The van der Waals surface area contributed by atoms with E-state index in [-0.39, 0.29) is 18.2 Å². The third-order valence-electron chi connectivity index (χ3n) is 5.11. The number of aryl methyl sites for hydroxylation is 1. The average molecular weight is 409 g/mol. The topological polar surface area (TPSA) is 80.8 Å². The Labute approximate surface area is 171 Å². The van der Waals surface area contributed by atoms with E-state index in [1.165, 1.54) is 11.3 Å². The van der Waals surface area contributed by atoms with Gasteiger partial charge in [-0.3, -0.25) is 9.59 Å². The van der Waals surface area contributed by atoms with E-state index >= 15 is 0 Å². The SMILES string of the molecule is Cc1ccc2nc(NC(=O)[C@@H]3CC(=O)N(c4ccc5c(c4)OCCO5)C3)sc2c1. The summed E-state index contributed by atoms with van der Waals surface area (Å²) in [5.41, 5.74) is 2.72. The van der Waals surface area contributed by atoms with Gasteiger partial charge in [0, 0.05) is 24.7 Å². The summed E-state index contributed by atoms with van der Waals surface area (Å²) in [7, 11) is 0. The molecule has 148 valence electrons. The highest BCUT2D eigenvalue weighted by molar-refractivity contribution is 7.22. The summed E-state index contributed by atoms with van der Waals surface area (Å²) in [5.74, 6) is 0.603. The van der Waals surface area contributed by atoms with Crippen LogP contribution >= 0.6 is 11.3 Å². The monoisotopic (exact) mass is 409 g/mol. The molecule has 2 aliphatic rings. The van der Waals surface area contributed by atoms with Crippen molar-refractivity contribution >= 4 is 44.2 Å². The quantitative estimate of drug-likeness (QED) is 0.717. The highest BCUT2D eigenvalue weighted by atomic mass is 32.1. The first-order valence-electron chi connectivity index (χ1n) is 9.45. The first kappa shape index (κ1) is 17.9. The molecule has 1 fully saturated rings. The molecule has 1 saturated heterocycles. The van der Waals surface area contributed by atoms with Gasteiger partial charge in [0.25, 0.3) is 0 Å². The van der Waals surface area contributed by atoms with Gasteiger partial charge >= 0.3 is 0 Å². The van der Waals surface area contributed by atoms with Crippen LogP contribution in [0.15, 0.2) is 36.4 Å². The Morgan fingerprint density at radius 3 is 2.86 bits per heavy atom. The summed E-state index contributed by atoms with van der Waals surface area (Å²) in [6, 6.07) is 11.4. The van der Waals surface area contributed by atoms with E-state index in [9.17, 15) is 9.59 Å². The number of nitrogens with one attached hydrogen (secondary N) is 1. The fourth-order valence-corrected chi connectivity index (χ4v) is 4.59.